The number of hydrogen-bond acceptors (Lipinski definition) is 5. The summed E-state index contributed by atoms with van der Waals surface area (Å²) in [6, 6.07) is 22.3. The van der Waals surface area contributed by atoms with E-state index in [-0.39, 0.29) is 12.4 Å². The fraction of sp³-hybridized carbons (Fsp3) is 0.0385. The van der Waals surface area contributed by atoms with Gasteiger partial charge in [0.05, 0.1) is 16.6 Å². The van der Waals surface area contributed by atoms with Crippen molar-refractivity contribution in [3.05, 3.63) is 90.8 Å². The van der Waals surface area contributed by atoms with Gasteiger partial charge in [0, 0.05) is 23.2 Å². The Kier molecular flexibility index (Phi) is 4.97. The van der Waals surface area contributed by atoms with Crippen LogP contribution >= 0.6 is 0 Å². The molecule has 0 amide bonds. The first-order valence-electron chi connectivity index (χ1n) is 10.00. The summed E-state index contributed by atoms with van der Waals surface area (Å²) in [6.07, 6.45) is 3.52. The second-order valence-corrected chi connectivity index (χ2v) is 7.26. The molecule has 3 aromatic carbocycles. The molecule has 6 heteroatoms. The van der Waals surface area contributed by atoms with Crippen molar-refractivity contribution in [2.45, 2.75) is 0 Å². The van der Waals surface area contributed by atoms with Crippen LogP contribution in [-0.2, 0) is 0 Å². The van der Waals surface area contributed by atoms with E-state index in [2.05, 4.69) is 9.97 Å². The Bertz CT molecular complexity index is 1450. The highest BCUT2D eigenvalue weighted by molar-refractivity contribution is 6.11. The van der Waals surface area contributed by atoms with Gasteiger partial charge in [0.25, 0.3) is 0 Å². The molecule has 2 heterocycles. The molecule has 0 aliphatic heterocycles. The lowest BCUT2D eigenvalue weighted by Crippen LogP contribution is -1.95. The third-order valence-electron chi connectivity index (χ3n) is 5.46. The number of ether oxygens (including phenoxy) is 1. The monoisotopic (exact) mass is 422 g/mol. The first kappa shape index (κ1) is 19.7. The first-order valence-corrected chi connectivity index (χ1v) is 10.00. The molecule has 0 radical (unpaired) electrons. The lowest BCUT2D eigenvalue weighted by molar-refractivity contribution is 0.0696. The summed E-state index contributed by atoms with van der Waals surface area (Å²) in [6.45, 7) is -0.365. The second-order valence-electron chi connectivity index (χ2n) is 7.26. The van der Waals surface area contributed by atoms with Gasteiger partial charge in [-0.1, -0.05) is 36.4 Å². The third-order valence-corrected chi connectivity index (χ3v) is 5.46. The summed E-state index contributed by atoms with van der Waals surface area (Å²) in [5.74, 6) is -0.352. The van der Waals surface area contributed by atoms with Crippen molar-refractivity contribution >= 4 is 27.8 Å². The fourth-order valence-electron chi connectivity index (χ4n) is 3.93. The highest BCUT2D eigenvalue weighted by atomic mass is 16.6. The van der Waals surface area contributed by atoms with E-state index in [1.165, 1.54) is 0 Å². The number of pyridine rings is 2. The molecule has 5 aromatic rings. The largest absolute Gasteiger partial charge is 0.478 e. The second kappa shape index (κ2) is 8.09. The molecule has 32 heavy (non-hydrogen) atoms. The Morgan fingerprint density at radius 3 is 1.69 bits per heavy atom. The summed E-state index contributed by atoms with van der Waals surface area (Å²) >= 11 is 0. The molecule has 0 aliphatic carbocycles. The van der Waals surface area contributed by atoms with Crippen molar-refractivity contribution in [3.8, 4) is 28.0 Å². The van der Waals surface area contributed by atoms with Crippen molar-refractivity contribution in [1.82, 2.24) is 9.97 Å². The smallest absolute Gasteiger partial charge is 0.335 e. The molecule has 5 rings (SSSR count). The lowest BCUT2D eigenvalue weighted by atomic mass is 9.96. The third kappa shape index (κ3) is 3.42. The number of rotatable bonds is 5. The van der Waals surface area contributed by atoms with Crippen LogP contribution in [0.25, 0.3) is 44.1 Å². The van der Waals surface area contributed by atoms with E-state index in [4.69, 9.17) is 14.9 Å². The highest BCUT2D eigenvalue weighted by Gasteiger charge is 2.12. The highest BCUT2D eigenvalue weighted by Crippen LogP contribution is 2.35. The van der Waals surface area contributed by atoms with Crippen LogP contribution in [0, 0.1) is 0 Å². The standard InChI is InChI=1S/C26H18N2O4/c29-15-32-19-7-5-17(6-8-19)21-12-14-28-25-23(21)10-9-22-20(11-13-27-24(22)25)16-1-3-18(4-2-16)26(30)31/h1-14,29H,15H2,(H,30,31). The Morgan fingerprint density at radius 2 is 1.22 bits per heavy atom. The number of benzene rings is 3. The predicted molar refractivity (Wildman–Crippen MR) is 123 cm³/mol. The zero-order chi connectivity index (χ0) is 22.1. The minimum Gasteiger partial charge on any atom is -0.478 e. The molecule has 0 atom stereocenters. The van der Waals surface area contributed by atoms with E-state index >= 15 is 0 Å². The van der Waals surface area contributed by atoms with Gasteiger partial charge in [-0.2, -0.15) is 0 Å². The van der Waals surface area contributed by atoms with Crippen molar-refractivity contribution in [3.63, 3.8) is 0 Å². The van der Waals surface area contributed by atoms with Gasteiger partial charge in [0.15, 0.2) is 6.79 Å². The van der Waals surface area contributed by atoms with Crippen LogP contribution in [0.5, 0.6) is 5.75 Å². The van der Waals surface area contributed by atoms with E-state index in [1.54, 1.807) is 24.5 Å². The summed E-state index contributed by atoms with van der Waals surface area (Å²) < 4.78 is 5.12. The number of aromatic carboxylic acids is 1. The number of carbonyl (C=O) groups is 1. The summed E-state index contributed by atoms with van der Waals surface area (Å²) in [7, 11) is 0. The number of aliphatic hydroxyl groups excluding tert-OH is 1. The molecule has 0 saturated carbocycles. The van der Waals surface area contributed by atoms with Gasteiger partial charge in [0.1, 0.15) is 5.75 Å². The van der Waals surface area contributed by atoms with Gasteiger partial charge in [0.2, 0.25) is 0 Å². The van der Waals surface area contributed by atoms with Crippen molar-refractivity contribution in [1.29, 1.82) is 0 Å². The van der Waals surface area contributed by atoms with Crippen LogP contribution < -0.4 is 4.74 Å². The quantitative estimate of drug-likeness (QED) is 0.301. The van der Waals surface area contributed by atoms with Crippen molar-refractivity contribution in [2.24, 2.45) is 0 Å². The number of nitrogens with zero attached hydrogens (tertiary/aromatic N) is 2. The maximum Gasteiger partial charge on any atom is 0.335 e. The maximum absolute atomic E-state index is 11.2. The number of fused-ring (bicyclic) bond motifs is 3. The van der Waals surface area contributed by atoms with Crippen LogP contribution in [-0.4, -0.2) is 32.9 Å². The number of hydrogen-bond donors (Lipinski definition) is 2. The minimum atomic E-state index is -0.949. The van der Waals surface area contributed by atoms with Gasteiger partial charge in [-0.05, 0) is 58.7 Å². The van der Waals surface area contributed by atoms with E-state index in [9.17, 15) is 4.79 Å². The molecule has 0 spiro atoms. The van der Waals surface area contributed by atoms with Crippen LogP contribution in [0.15, 0.2) is 85.2 Å². The SMILES string of the molecule is O=C(O)c1ccc(-c2ccnc3c2ccc2c(-c4ccc(OCO)cc4)ccnc23)cc1. The first-order chi connectivity index (χ1) is 15.7. The molecule has 2 N–H and O–H groups in total. The number of aliphatic hydroxyl groups is 1. The number of carboxylic acid groups (broad SMARTS) is 1. The van der Waals surface area contributed by atoms with Crippen LogP contribution in [0.1, 0.15) is 10.4 Å². The molecule has 0 unspecified atom stereocenters. The molecule has 0 bridgehead atoms. The molecular weight excluding hydrogens is 404 g/mol. The van der Waals surface area contributed by atoms with E-state index in [0.717, 1.165) is 44.1 Å². The Labute approximate surface area is 183 Å². The minimum absolute atomic E-state index is 0.249. The fourth-order valence-corrected chi connectivity index (χ4v) is 3.93. The predicted octanol–water partition coefficient (Wildman–Crippen LogP) is 5.14. The van der Waals surface area contributed by atoms with Gasteiger partial charge < -0.3 is 14.9 Å². The lowest BCUT2D eigenvalue weighted by Gasteiger charge is -2.11. The molecule has 0 saturated heterocycles. The Hall–Kier alpha value is -4.29. The Morgan fingerprint density at radius 1 is 0.719 bits per heavy atom. The van der Waals surface area contributed by atoms with Crippen LogP contribution in [0.3, 0.4) is 0 Å². The van der Waals surface area contributed by atoms with Gasteiger partial charge in [-0.25, -0.2) is 4.79 Å². The molecule has 0 aliphatic rings. The van der Waals surface area contributed by atoms with Crippen LogP contribution in [0.4, 0.5) is 0 Å². The topological polar surface area (TPSA) is 92.5 Å². The summed E-state index contributed by atoms with van der Waals surface area (Å²) in [5.41, 5.74) is 5.72. The van der Waals surface area contributed by atoms with Crippen molar-refractivity contribution < 1.29 is 19.7 Å². The average Bonchev–Trinajstić information content (AvgIpc) is 2.84. The average molecular weight is 422 g/mol. The zero-order valence-corrected chi connectivity index (χ0v) is 16.9. The zero-order valence-electron chi connectivity index (χ0n) is 16.9. The summed E-state index contributed by atoms with van der Waals surface area (Å²) in [5, 5.41) is 20.0. The van der Waals surface area contributed by atoms with E-state index in [1.807, 2.05) is 60.7 Å². The molecule has 156 valence electrons. The maximum atomic E-state index is 11.2. The number of carboxylic acids is 1. The summed E-state index contributed by atoms with van der Waals surface area (Å²) in [4.78, 5) is 20.4. The number of aromatic nitrogens is 2. The van der Waals surface area contributed by atoms with Gasteiger partial charge >= 0.3 is 5.97 Å². The Balaban J connectivity index is 1.65. The normalized spacial score (nSPS) is 11.0. The van der Waals surface area contributed by atoms with Crippen LogP contribution in [0.2, 0.25) is 0 Å². The molecule has 0 fully saturated rings. The molecule has 6 nitrogen and oxygen atoms in total. The van der Waals surface area contributed by atoms with E-state index < -0.39 is 5.97 Å². The van der Waals surface area contributed by atoms with E-state index in [0.29, 0.717) is 5.75 Å². The van der Waals surface area contributed by atoms with Gasteiger partial charge in [-0.15, -0.1) is 0 Å². The van der Waals surface area contributed by atoms with Crippen molar-refractivity contribution in [2.75, 3.05) is 6.79 Å². The van der Waals surface area contributed by atoms with Gasteiger partial charge in [-0.3, -0.25) is 9.97 Å². The molecular formula is C26H18N2O4. The molecule has 2 aromatic heterocycles.